The maximum atomic E-state index is 12.7. The minimum absolute atomic E-state index is 0.0716. The second-order valence-electron chi connectivity index (χ2n) is 7.11. The zero-order valence-corrected chi connectivity index (χ0v) is 17.3. The van der Waals surface area contributed by atoms with E-state index in [4.69, 9.17) is 0 Å². The summed E-state index contributed by atoms with van der Waals surface area (Å²) >= 11 is 0. The van der Waals surface area contributed by atoms with E-state index in [-0.39, 0.29) is 10.8 Å². The van der Waals surface area contributed by atoms with Crippen molar-refractivity contribution in [2.75, 3.05) is 25.5 Å². The maximum Gasteiger partial charge on any atom is 0.240 e. The van der Waals surface area contributed by atoms with Crippen molar-refractivity contribution < 1.29 is 8.42 Å². The summed E-state index contributed by atoms with van der Waals surface area (Å²) in [5.41, 5.74) is 4.29. The van der Waals surface area contributed by atoms with Gasteiger partial charge in [0.25, 0.3) is 0 Å². The van der Waals surface area contributed by atoms with Gasteiger partial charge in [-0.3, -0.25) is 0 Å². The van der Waals surface area contributed by atoms with Crippen LogP contribution >= 0.6 is 0 Å². The third kappa shape index (κ3) is 4.80. The van der Waals surface area contributed by atoms with Crippen LogP contribution in [0.25, 0.3) is 0 Å². The third-order valence-corrected chi connectivity index (χ3v) is 6.26. The van der Waals surface area contributed by atoms with E-state index >= 15 is 0 Å². The summed E-state index contributed by atoms with van der Waals surface area (Å²) in [6.07, 6.45) is 0. The van der Waals surface area contributed by atoms with Gasteiger partial charge in [-0.05, 0) is 42.3 Å². The van der Waals surface area contributed by atoms with Gasteiger partial charge < -0.3 is 4.90 Å². The van der Waals surface area contributed by atoms with Gasteiger partial charge in [-0.2, -0.15) is 0 Å². The molecule has 0 aliphatic carbocycles. The Labute approximate surface area is 167 Å². The van der Waals surface area contributed by atoms with Gasteiger partial charge in [0.05, 0.1) is 4.90 Å². The van der Waals surface area contributed by atoms with Crippen molar-refractivity contribution in [3.05, 3.63) is 95.6 Å². The van der Waals surface area contributed by atoms with E-state index in [1.807, 2.05) is 68.4 Å². The maximum absolute atomic E-state index is 12.7. The number of nitrogens with one attached hydrogen (secondary N) is 1. The number of nitrogens with zero attached hydrogens (tertiary/aromatic N) is 1. The van der Waals surface area contributed by atoms with E-state index in [0.29, 0.717) is 6.54 Å². The Balaban J connectivity index is 1.87. The van der Waals surface area contributed by atoms with E-state index in [1.54, 1.807) is 12.1 Å². The Hall–Kier alpha value is -2.63. The first-order valence-electron chi connectivity index (χ1n) is 9.25. The molecule has 0 bridgehead atoms. The molecule has 0 radical (unpaired) electrons. The smallest absolute Gasteiger partial charge is 0.240 e. The van der Waals surface area contributed by atoms with Crippen molar-refractivity contribution in [3.63, 3.8) is 0 Å². The molecule has 0 amide bonds. The molecule has 1 atom stereocenters. The number of anilines is 1. The van der Waals surface area contributed by atoms with Crippen LogP contribution < -0.4 is 9.62 Å². The summed E-state index contributed by atoms with van der Waals surface area (Å²) in [5, 5.41) is 0. The topological polar surface area (TPSA) is 49.4 Å². The molecule has 28 heavy (non-hydrogen) atoms. The van der Waals surface area contributed by atoms with Crippen molar-refractivity contribution in [1.29, 1.82) is 0 Å². The van der Waals surface area contributed by atoms with Gasteiger partial charge in [0, 0.05) is 32.2 Å². The molecule has 3 rings (SSSR count). The Kier molecular flexibility index (Phi) is 6.17. The van der Waals surface area contributed by atoms with Crippen molar-refractivity contribution in [2.24, 2.45) is 0 Å². The zero-order chi connectivity index (χ0) is 20.1. The van der Waals surface area contributed by atoms with Crippen LogP contribution in [0.2, 0.25) is 0 Å². The molecule has 0 aromatic heterocycles. The van der Waals surface area contributed by atoms with Crippen LogP contribution in [0.15, 0.2) is 83.8 Å². The molecule has 0 fully saturated rings. The molecule has 146 valence electrons. The van der Waals surface area contributed by atoms with Gasteiger partial charge in [0.2, 0.25) is 10.0 Å². The molecule has 0 saturated carbocycles. The normalized spacial score (nSPS) is 12.5. The third-order valence-electron chi connectivity index (χ3n) is 4.82. The highest BCUT2D eigenvalue weighted by Gasteiger charge is 2.19. The summed E-state index contributed by atoms with van der Waals surface area (Å²) in [5.74, 6) is -0.0716. The van der Waals surface area contributed by atoms with Gasteiger partial charge in [-0.1, -0.05) is 60.2 Å². The molecule has 3 aromatic carbocycles. The lowest BCUT2D eigenvalue weighted by atomic mass is 9.91. The average molecular weight is 395 g/mol. The molecule has 0 heterocycles. The quantitative estimate of drug-likeness (QED) is 0.654. The molecule has 5 heteroatoms. The van der Waals surface area contributed by atoms with E-state index in [9.17, 15) is 8.42 Å². The molecule has 0 spiro atoms. The van der Waals surface area contributed by atoms with Crippen LogP contribution in [-0.4, -0.2) is 29.1 Å². The number of rotatable bonds is 7. The number of benzene rings is 3. The molecular weight excluding hydrogens is 368 g/mol. The van der Waals surface area contributed by atoms with Crippen molar-refractivity contribution in [1.82, 2.24) is 4.72 Å². The molecule has 0 aliphatic heterocycles. The van der Waals surface area contributed by atoms with Gasteiger partial charge >= 0.3 is 0 Å². The Morgan fingerprint density at radius 1 is 0.821 bits per heavy atom. The Morgan fingerprint density at radius 3 is 1.96 bits per heavy atom. The highest BCUT2D eigenvalue weighted by molar-refractivity contribution is 7.89. The van der Waals surface area contributed by atoms with Crippen LogP contribution in [0.1, 0.15) is 22.6 Å². The summed E-state index contributed by atoms with van der Waals surface area (Å²) in [7, 11) is 0.431. The fourth-order valence-corrected chi connectivity index (χ4v) is 4.16. The lowest BCUT2D eigenvalue weighted by molar-refractivity contribution is 0.577. The second kappa shape index (κ2) is 8.59. The van der Waals surface area contributed by atoms with Crippen LogP contribution in [0, 0.1) is 6.92 Å². The first-order valence-corrected chi connectivity index (χ1v) is 10.7. The summed E-state index contributed by atoms with van der Waals surface area (Å²) in [6.45, 7) is 2.23. The zero-order valence-electron chi connectivity index (χ0n) is 16.5. The monoisotopic (exact) mass is 394 g/mol. The predicted octanol–water partition coefficient (Wildman–Crippen LogP) is 4.17. The largest absolute Gasteiger partial charge is 0.378 e. The molecular formula is C23H26N2O2S. The summed E-state index contributed by atoms with van der Waals surface area (Å²) in [6, 6.07) is 25.1. The van der Waals surface area contributed by atoms with Crippen LogP contribution in [0.5, 0.6) is 0 Å². The standard InChI is InChI=1S/C23H26N2O2S/c1-18-9-15-22(16-10-18)28(26,27)24-17-23(19-7-5-4-6-8-19)20-11-13-21(14-12-20)25(2)3/h4-16,23-24H,17H2,1-3H3/t23-/m1/s1. The van der Waals surface area contributed by atoms with E-state index in [0.717, 1.165) is 22.4 Å². The lowest BCUT2D eigenvalue weighted by Gasteiger charge is -2.20. The first-order chi connectivity index (χ1) is 13.4. The number of sulfonamides is 1. The molecule has 0 aliphatic rings. The van der Waals surface area contributed by atoms with Gasteiger partial charge in [-0.25, -0.2) is 13.1 Å². The van der Waals surface area contributed by atoms with Crippen LogP contribution in [-0.2, 0) is 10.0 Å². The minimum atomic E-state index is -3.57. The number of hydrogen-bond acceptors (Lipinski definition) is 3. The van der Waals surface area contributed by atoms with E-state index in [2.05, 4.69) is 29.0 Å². The van der Waals surface area contributed by atoms with Gasteiger partial charge in [0.1, 0.15) is 0 Å². The highest BCUT2D eigenvalue weighted by Crippen LogP contribution is 2.26. The minimum Gasteiger partial charge on any atom is -0.378 e. The number of aryl methyl sites for hydroxylation is 1. The molecule has 4 nitrogen and oxygen atoms in total. The summed E-state index contributed by atoms with van der Waals surface area (Å²) < 4.78 is 28.3. The fraction of sp³-hybridized carbons (Fsp3) is 0.217. The van der Waals surface area contributed by atoms with Gasteiger partial charge in [0.15, 0.2) is 0 Å². The molecule has 3 aromatic rings. The Morgan fingerprint density at radius 2 is 1.39 bits per heavy atom. The Bertz CT molecular complexity index is 997. The van der Waals surface area contributed by atoms with Crippen molar-refractivity contribution >= 4 is 15.7 Å². The fourth-order valence-electron chi connectivity index (χ4n) is 3.11. The van der Waals surface area contributed by atoms with Crippen LogP contribution in [0.3, 0.4) is 0 Å². The van der Waals surface area contributed by atoms with Gasteiger partial charge in [-0.15, -0.1) is 0 Å². The number of hydrogen-bond donors (Lipinski definition) is 1. The van der Waals surface area contributed by atoms with E-state index < -0.39 is 10.0 Å². The molecule has 0 unspecified atom stereocenters. The first kappa shape index (κ1) is 20.1. The van der Waals surface area contributed by atoms with E-state index in [1.165, 1.54) is 0 Å². The SMILES string of the molecule is Cc1ccc(S(=O)(=O)NC[C@H](c2ccccc2)c2ccc(N(C)C)cc2)cc1. The van der Waals surface area contributed by atoms with Crippen molar-refractivity contribution in [2.45, 2.75) is 17.7 Å². The molecule has 0 saturated heterocycles. The second-order valence-corrected chi connectivity index (χ2v) is 8.88. The average Bonchev–Trinajstić information content (AvgIpc) is 2.69. The summed E-state index contributed by atoms with van der Waals surface area (Å²) in [4.78, 5) is 2.33. The highest BCUT2D eigenvalue weighted by atomic mass is 32.2. The van der Waals surface area contributed by atoms with Crippen LogP contribution in [0.4, 0.5) is 5.69 Å². The predicted molar refractivity (Wildman–Crippen MR) is 115 cm³/mol. The molecule has 1 N–H and O–H groups in total. The van der Waals surface area contributed by atoms with Crippen molar-refractivity contribution in [3.8, 4) is 0 Å². The lowest BCUT2D eigenvalue weighted by Crippen LogP contribution is -2.29.